The van der Waals surface area contributed by atoms with Crippen molar-refractivity contribution < 1.29 is 15.0 Å². The van der Waals surface area contributed by atoms with E-state index < -0.39 is 11.2 Å². The SMILES string of the molecule is O=C(CC1(O)CCCCC1)NC[C@]1(O)CCCN(c2cnccn2)C1. The van der Waals surface area contributed by atoms with Gasteiger partial charge in [0.25, 0.3) is 0 Å². The van der Waals surface area contributed by atoms with Gasteiger partial charge in [-0.25, -0.2) is 4.98 Å². The van der Waals surface area contributed by atoms with Crippen molar-refractivity contribution in [2.75, 3.05) is 24.5 Å². The molecule has 1 atom stereocenters. The van der Waals surface area contributed by atoms with E-state index in [9.17, 15) is 15.0 Å². The molecule has 0 radical (unpaired) electrons. The summed E-state index contributed by atoms with van der Waals surface area (Å²) in [5.74, 6) is 0.554. The molecule has 25 heavy (non-hydrogen) atoms. The van der Waals surface area contributed by atoms with Crippen molar-refractivity contribution in [3.05, 3.63) is 18.6 Å². The number of nitrogens with zero attached hydrogens (tertiary/aromatic N) is 3. The fourth-order valence-corrected chi connectivity index (χ4v) is 3.92. The highest BCUT2D eigenvalue weighted by Crippen LogP contribution is 2.31. The summed E-state index contributed by atoms with van der Waals surface area (Å²) in [6.07, 6.45) is 11.0. The molecule has 0 unspecified atom stereocenters. The maximum Gasteiger partial charge on any atom is 0.222 e. The van der Waals surface area contributed by atoms with Gasteiger partial charge in [-0.2, -0.15) is 0 Å². The summed E-state index contributed by atoms with van der Waals surface area (Å²) >= 11 is 0. The lowest BCUT2D eigenvalue weighted by Gasteiger charge is -2.40. The van der Waals surface area contributed by atoms with E-state index in [2.05, 4.69) is 15.3 Å². The first-order chi connectivity index (χ1) is 12.0. The molecule has 3 rings (SSSR count). The summed E-state index contributed by atoms with van der Waals surface area (Å²) in [7, 11) is 0. The molecule has 2 aliphatic rings. The molecular weight excluding hydrogens is 320 g/mol. The molecule has 3 N–H and O–H groups in total. The van der Waals surface area contributed by atoms with Gasteiger partial charge in [0.1, 0.15) is 5.82 Å². The summed E-state index contributed by atoms with van der Waals surface area (Å²) in [5.41, 5.74) is -1.86. The Bertz CT molecular complexity index is 577. The van der Waals surface area contributed by atoms with Gasteiger partial charge in [0.05, 0.1) is 23.8 Å². The zero-order valence-corrected chi connectivity index (χ0v) is 14.7. The van der Waals surface area contributed by atoms with Crippen LogP contribution in [-0.4, -0.2) is 56.9 Å². The highest BCUT2D eigenvalue weighted by molar-refractivity contribution is 5.77. The second kappa shape index (κ2) is 7.66. The molecule has 138 valence electrons. The van der Waals surface area contributed by atoms with Crippen molar-refractivity contribution in [3.63, 3.8) is 0 Å². The van der Waals surface area contributed by atoms with Crippen molar-refractivity contribution >= 4 is 11.7 Å². The van der Waals surface area contributed by atoms with Gasteiger partial charge in [0.2, 0.25) is 5.91 Å². The van der Waals surface area contributed by atoms with Crippen LogP contribution in [0.3, 0.4) is 0 Å². The molecule has 0 aromatic carbocycles. The van der Waals surface area contributed by atoms with Crippen LogP contribution in [0.2, 0.25) is 0 Å². The van der Waals surface area contributed by atoms with Gasteiger partial charge in [0, 0.05) is 32.0 Å². The molecular formula is C18H28N4O3. The van der Waals surface area contributed by atoms with Crippen LogP contribution in [0.1, 0.15) is 51.4 Å². The number of aromatic nitrogens is 2. The van der Waals surface area contributed by atoms with E-state index in [0.29, 0.717) is 25.8 Å². The highest BCUT2D eigenvalue weighted by atomic mass is 16.3. The zero-order valence-electron chi connectivity index (χ0n) is 14.7. The Kier molecular flexibility index (Phi) is 5.54. The van der Waals surface area contributed by atoms with Crippen molar-refractivity contribution in [2.45, 2.75) is 62.6 Å². The highest BCUT2D eigenvalue weighted by Gasteiger charge is 2.36. The number of anilines is 1. The van der Waals surface area contributed by atoms with E-state index in [4.69, 9.17) is 0 Å². The van der Waals surface area contributed by atoms with Crippen molar-refractivity contribution in [3.8, 4) is 0 Å². The molecule has 2 fully saturated rings. The lowest BCUT2D eigenvalue weighted by atomic mass is 9.82. The normalized spacial score (nSPS) is 26.2. The Hall–Kier alpha value is -1.73. The van der Waals surface area contributed by atoms with E-state index in [-0.39, 0.29) is 18.9 Å². The van der Waals surface area contributed by atoms with E-state index in [1.807, 2.05) is 4.90 Å². The van der Waals surface area contributed by atoms with Gasteiger partial charge in [0.15, 0.2) is 0 Å². The fourth-order valence-electron chi connectivity index (χ4n) is 3.92. The number of amides is 1. The van der Waals surface area contributed by atoms with Crippen LogP contribution in [0, 0.1) is 0 Å². The van der Waals surface area contributed by atoms with Crippen LogP contribution in [0.25, 0.3) is 0 Å². The quantitative estimate of drug-likeness (QED) is 0.735. The average Bonchev–Trinajstić information content (AvgIpc) is 2.61. The molecule has 1 amide bonds. The standard InChI is InChI=1S/C18H28N4O3/c23-16(11-17(24)5-2-1-3-6-17)21-13-18(25)7-4-10-22(14-18)15-12-19-8-9-20-15/h8-9,12,24-25H,1-7,10-11,13-14H2,(H,21,23)/t18-/m1/s1. The predicted octanol–water partition coefficient (Wildman–Crippen LogP) is 1.01. The van der Waals surface area contributed by atoms with Gasteiger partial charge < -0.3 is 20.4 Å². The smallest absolute Gasteiger partial charge is 0.222 e. The van der Waals surface area contributed by atoms with Crippen LogP contribution < -0.4 is 10.2 Å². The average molecular weight is 348 g/mol. The van der Waals surface area contributed by atoms with E-state index >= 15 is 0 Å². The molecule has 1 saturated carbocycles. The Labute approximate surface area is 148 Å². The molecule has 7 nitrogen and oxygen atoms in total. The summed E-state index contributed by atoms with van der Waals surface area (Å²) in [6.45, 7) is 1.42. The minimum atomic E-state index is -0.986. The lowest BCUT2D eigenvalue weighted by Crippen LogP contribution is -2.55. The van der Waals surface area contributed by atoms with Crippen LogP contribution in [0.4, 0.5) is 5.82 Å². The van der Waals surface area contributed by atoms with Gasteiger partial charge in [-0.05, 0) is 25.7 Å². The first-order valence-electron chi connectivity index (χ1n) is 9.21. The Morgan fingerprint density at radius 2 is 1.88 bits per heavy atom. The minimum absolute atomic E-state index is 0.122. The van der Waals surface area contributed by atoms with Gasteiger partial charge in [-0.1, -0.05) is 19.3 Å². The molecule has 1 aliphatic heterocycles. The number of rotatable bonds is 5. The predicted molar refractivity (Wildman–Crippen MR) is 94.1 cm³/mol. The van der Waals surface area contributed by atoms with Crippen molar-refractivity contribution in [1.82, 2.24) is 15.3 Å². The molecule has 0 bridgehead atoms. The first kappa shape index (κ1) is 18.1. The van der Waals surface area contributed by atoms with Crippen LogP contribution in [0.15, 0.2) is 18.6 Å². The topological polar surface area (TPSA) is 98.6 Å². The molecule has 2 heterocycles. The molecule has 1 aromatic heterocycles. The number of hydrogen-bond acceptors (Lipinski definition) is 6. The molecule has 7 heteroatoms. The van der Waals surface area contributed by atoms with Gasteiger partial charge in [-0.3, -0.25) is 9.78 Å². The van der Waals surface area contributed by atoms with Crippen LogP contribution in [0.5, 0.6) is 0 Å². The minimum Gasteiger partial charge on any atom is -0.389 e. The van der Waals surface area contributed by atoms with Crippen LogP contribution >= 0.6 is 0 Å². The molecule has 1 saturated heterocycles. The lowest BCUT2D eigenvalue weighted by molar-refractivity contribution is -0.128. The third-order valence-electron chi connectivity index (χ3n) is 5.32. The number of aliphatic hydroxyl groups is 2. The van der Waals surface area contributed by atoms with Crippen molar-refractivity contribution in [1.29, 1.82) is 0 Å². The fraction of sp³-hybridized carbons (Fsp3) is 0.722. The second-order valence-corrected chi connectivity index (χ2v) is 7.55. The summed E-state index contributed by atoms with van der Waals surface area (Å²) in [4.78, 5) is 22.6. The van der Waals surface area contributed by atoms with Crippen LogP contribution in [-0.2, 0) is 4.79 Å². The second-order valence-electron chi connectivity index (χ2n) is 7.55. The van der Waals surface area contributed by atoms with Crippen molar-refractivity contribution in [2.24, 2.45) is 0 Å². The molecule has 0 spiro atoms. The summed E-state index contributed by atoms with van der Waals surface area (Å²) in [5, 5.41) is 24.2. The third kappa shape index (κ3) is 4.89. The third-order valence-corrected chi connectivity index (χ3v) is 5.32. The number of β-amino-alcohol motifs (C(OH)–C–C–N with tert-alkyl or cyclic N) is 1. The number of piperidine rings is 1. The van der Waals surface area contributed by atoms with Gasteiger partial charge in [-0.15, -0.1) is 0 Å². The Morgan fingerprint density at radius 3 is 2.60 bits per heavy atom. The van der Waals surface area contributed by atoms with E-state index in [0.717, 1.165) is 38.0 Å². The van der Waals surface area contributed by atoms with E-state index in [1.165, 1.54) is 0 Å². The largest absolute Gasteiger partial charge is 0.389 e. The Morgan fingerprint density at radius 1 is 1.12 bits per heavy atom. The number of hydrogen-bond donors (Lipinski definition) is 3. The number of nitrogens with one attached hydrogen (secondary N) is 1. The zero-order chi connectivity index (χ0) is 17.8. The Balaban J connectivity index is 1.52. The maximum absolute atomic E-state index is 12.2. The summed E-state index contributed by atoms with van der Waals surface area (Å²) in [6, 6.07) is 0. The monoisotopic (exact) mass is 348 g/mol. The van der Waals surface area contributed by atoms with Gasteiger partial charge >= 0.3 is 0 Å². The van der Waals surface area contributed by atoms with E-state index in [1.54, 1.807) is 18.6 Å². The maximum atomic E-state index is 12.2. The number of carbonyl (C=O) groups is 1. The molecule has 1 aliphatic carbocycles. The number of carbonyl (C=O) groups excluding carboxylic acids is 1. The molecule has 1 aromatic rings. The summed E-state index contributed by atoms with van der Waals surface area (Å²) < 4.78 is 0. The first-order valence-corrected chi connectivity index (χ1v) is 9.21.